The van der Waals surface area contributed by atoms with E-state index in [9.17, 15) is 26.7 Å². The summed E-state index contributed by atoms with van der Waals surface area (Å²) >= 11 is 5.20. The Morgan fingerprint density at radius 2 is 1.94 bits per heavy atom. The minimum atomic E-state index is -5.07. The zero-order valence-corrected chi connectivity index (χ0v) is 8.11. The van der Waals surface area contributed by atoms with Crippen LogP contribution in [0.1, 0.15) is 28.0 Å². The van der Waals surface area contributed by atoms with Crippen LogP contribution in [0.4, 0.5) is 22.0 Å². The van der Waals surface area contributed by atoms with Crippen LogP contribution in [0.2, 0.25) is 5.02 Å². The second-order valence-electron chi connectivity index (χ2n) is 2.70. The van der Waals surface area contributed by atoms with E-state index in [-0.39, 0.29) is 6.29 Å². The number of nitrogens with zero attached hydrogens (tertiary/aromatic N) is 1. The lowest BCUT2D eigenvalue weighted by atomic mass is 10.1. The van der Waals surface area contributed by atoms with Gasteiger partial charge >= 0.3 is 6.18 Å². The number of halogens is 6. The number of aldehydes is 1. The van der Waals surface area contributed by atoms with E-state index in [4.69, 9.17) is 11.6 Å². The van der Waals surface area contributed by atoms with Crippen LogP contribution in [0.5, 0.6) is 0 Å². The zero-order valence-electron chi connectivity index (χ0n) is 7.36. The fraction of sp³-hybridized carbons (Fsp3) is 0.250. The average molecular weight is 260 g/mol. The first-order valence-electron chi connectivity index (χ1n) is 3.78. The minimum Gasteiger partial charge on any atom is -0.296 e. The molecule has 0 aliphatic carbocycles. The second kappa shape index (κ2) is 4.32. The summed E-state index contributed by atoms with van der Waals surface area (Å²) in [6.07, 6.45) is -8.18. The molecule has 0 saturated heterocycles. The van der Waals surface area contributed by atoms with Gasteiger partial charge in [-0.15, -0.1) is 0 Å². The smallest absolute Gasteiger partial charge is 0.296 e. The van der Waals surface area contributed by atoms with Crippen LogP contribution in [0.25, 0.3) is 0 Å². The van der Waals surface area contributed by atoms with Crippen LogP contribution in [0, 0.1) is 0 Å². The van der Waals surface area contributed by atoms with Gasteiger partial charge < -0.3 is 0 Å². The SMILES string of the molecule is O=Cc1ncc(C(F)F)c(C(F)(F)F)c1Cl. The predicted octanol–water partition coefficient (Wildman–Crippen LogP) is 3.50. The highest BCUT2D eigenvalue weighted by atomic mass is 35.5. The van der Waals surface area contributed by atoms with Crippen molar-refractivity contribution >= 4 is 17.9 Å². The van der Waals surface area contributed by atoms with Crippen molar-refractivity contribution in [2.45, 2.75) is 12.6 Å². The van der Waals surface area contributed by atoms with E-state index in [0.717, 1.165) is 0 Å². The van der Waals surface area contributed by atoms with Crippen molar-refractivity contribution in [2.75, 3.05) is 0 Å². The van der Waals surface area contributed by atoms with Crippen molar-refractivity contribution in [2.24, 2.45) is 0 Å². The Hall–Kier alpha value is -1.24. The van der Waals surface area contributed by atoms with Crippen molar-refractivity contribution in [1.29, 1.82) is 0 Å². The van der Waals surface area contributed by atoms with Gasteiger partial charge in [0.2, 0.25) is 0 Å². The van der Waals surface area contributed by atoms with Gasteiger partial charge in [0, 0.05) is 11.8 Å². The normalized spacial score (nSPS) is 11.9. The van der Waals surface area contributed by atoms with Crippen molar-refractivity contribution < 1.29 is 26.7 Å². The van der Waals surface area contributed by atoms with Gasteiger partial charge in [0.1, 0.15) is 5.69 Å². The molecule has 0 unspecified atom stereocenters. The Morgan fingerprint density at radius 1 is 1.38 bits per heavy atom. The van der Waals surface area contributed by atoms with Crippen molar-refractivity contribution in [3.63, 3.8) is 0 Å². The van der Waals surface area contributed by atoms with E-state index in [0.29, 0.717) is 6.20 Å². The molecule has 0 N–H and O–H groups in total. The lowest BCUT2D eigenvalue weighted by molar-refractivity contribution is -0.139. The van der Waals surface area contributed by atoms with Gasteiger partial charge in [0.25, 0.3) is 6.43 Å². The molecule has 0 saturated carbocycles. The lowest BCUT2D eigenvalue weighted by Crippen LogP contribution is -2.13. The molecule has 0 aromatic carbocycles. The summed E-state index contributed by atoms with van der Waals surface area (Å²) in [4.78, 5) is 13.4. The summed E-state index contributed by atoms with van der Waals surface area (Å²) in [5.41, 5.74) is -3.79. The Kier molecular flexibility index (Phi) is 3.47. The van der Waals surface area contributed by atoms with Crippen LogP contribution in [0.15, 0.2) is 6.20 Å². The maximum Gasteiger partial charge on any atom is 0.418 e. The third-order valence-corrected chi connectivity index (χ3v) is 2.09. The first-order chi connectivity index (χ1) is 7.29. The molecule has 0 aliphatic heterocycles. The van der Waals surface area contributed by atoms with Gasteiger partial charge in [-0.25, -0.2) is 8.78 Å². The maximum atomic E-state index is 12.4. The highest BCUT2D eigenvalue weighted by Crippen LogP contribution is 2.40. The molecule has 1 heterocycles. The number of rotatable bonds is 2. The molecule has 1 aromatic rings. The molecular weight excluding hydrogens is 257 g/mol. The van der Waals surface area contributed by atoms with Crippen LogP contribution in [-0.4, -0.2) is 11.3 Å². The molecule has 0 aliphatic rings. The summed E-state index contributed by atoms with van der Waals surface area (Å²) in [5.74, 6) is 0. The van der Waals surface area contributed by atoms with Crippen LogP contribution >= 0.6 is 11.6 Å². The third-order valence-electron chi connectivity index (χ3n) is 1.71. The van der Waals surface area contributed by atoms with E-state index in [1.807, 2.05) is 0 Å². The number of aromatic nitrogens is 1. The zero-order chi connectivity index (χ0) is 12.5. The second-order valence-corrected chi connectivity index (χ2v) is 3.08. The van der Waals surface area contributed by atoms with E-state index >= 15 is 0 Å². The molecule has 0 amide bonds. The van der Waals surface area contributed by atoms with Crippen molar-refractivity contribution in [3.05, 3.63) is 28.0 Å². The molecule has 0 atom stereocenters. The Balaban J connectivity index is 3.56. The topological polar surface area (TPSA) is 30.0 Å². The molecule has 0 fully saturated rings. The quantitative estimate of drug-likeness (QED) is 0.601. The highest BCUT2D eigenvalue weighted by molar-refractivity contribution is 6.33. The first kappa shape index (κ1) is 12.8. The fourth-order valence-corrected chi connectivity index (χ4v) is 1.36. The molecule has 1 rings (SSSR count). The van der Waals surface area contributed by atoms with Crippen LogP contribution in [0.3, 0.4) is 0 Å². The van der Waals surface area contributed by atoms with E-state index in [1.165, 1.54) is 0 Å². The van der Waals surface area contributed by atoms with Crippen molar-refractivity contribution in [3.8, 4) is 0 Å². The molecular formula is C8H3ClF5NO. The van der Waals surface area contributed by atoms with Gasteiger partial charge in [-0.2, -0.15) is 13.2 Å². The molecule has 8 heteroatoms. The molecule has 1 aromatic heterocycles. The van der Waals surface area contributed by atoms with Crippen molar-refractivity contribution in [1.82, 2.24) is 4.98 Å². The van der Waals surface area contributed by atoms with Gasteiger partial charge in [-0.3, -0.25) is 9.78 Å². The largest absolute Gasteiger partial charge is 0.418 e. The number of carbonyl (C=O) groups excluding carboxylic acids is 1. The Bertz CT molecular complexity index is 418. The highest BCUT2D eigenvalue weighted by Gasteiger charge is 2.39. The Morgan fingerprint density at radius 3 is 2.31 bits per heavy atom. The van der Waals surface area contributed by atoms with Gasteiger partial charge in [-0.1, -0.05) is 11.6 Å². The predicted molar refractivity (Wildman–Crippen MR) is 44.6 cm³/mol. The molecule has 16 heavy (non-hydrogen) atoms. The average Bonchev–Trinajstić information content (AvgIpc) is 2.14. The molecule has 0 radical (unpaired) electrons. The summed E-state index contributed by atoms with van der Waals surface area (Å²) in [7, 11) is 0. The monoisotopic (exact) mass is 259 g/mol. The third kappa shape index (κ3) is 2.29. The standard InChI is InChI=1S/C8H3ClF5NO/c9-6-4(2-16)15-1-3(7(10)11)5(6)8(12,13)14/h1-2,7H. The van der Waals surface area contributed by atoms with Crippen LogP contribution < -0.4 is 0 Å². The number of carbonyl (C=O) groups is 1. The van der Waals surface area contributed by atoms with E-state index in [1.54, 1.807) is 0 Å². The molecule has 2 nitrogen and oxygen atoms in total. The van der Waals surface area contributed by atoms with Gasteiger partial charge in [0.15, 0.2) is 6.29 Å². The lowest BCUT2D eigenvalue weighted by Gasteiger charge is -2.14. The first-order valence-corrected chi connectivity index (χ1v) is 4.15. The summed E-state index contributed by atoms with van der Waals surface area (Å²) in [5, 5.41) is -1.11. The number of pyridine rings is 1. The van der Waals surface area contributed by atoms with Crippen LogP contribution in [-0.2, 0) is 6.18 Å². The molecule has 88 valence electrons. The Labute approximate surface area is 91.0 Å². The van der Waals surface area contributed by atoms with E-state index in [2.05, 4.69) is 4.98 Å². The maximum absolute atomic E-state index is 12.4. The minimum absolute atomic E-state index is 0.0349. The fourth-order valence-electron chi connectivity index (χ4n) is 1.05. The van der Waals surface area contributed by atoms with Gasteiger partial charge in [0.05, 0.1) is 10.6 Å². The van der Waals surface area contributed by atoms with E-state index < -0.39 is 34.4 Å². The summed E-state index contributed by atoms with van der Waals surface area (Å²) in [6.45, 7) is 0. The van der Waals surface area contributed by atoms with Gasteiger partial charge in [-0.05, 0) is 0 Å². The number of alkyl halides is 5. The number of hydrogen-bond acceptors (Lipinski definition) is 2. The molecule has 0 bridgehead atoms. The summed E-state index contributed by atoms with van der Waals surface area (Å²) < 4.78 is 61.8. The summed E-state index contributed by atoms with van der Waals surface area (Å²) in [6, 6.07) is 0. The molecule has 0 spiro atoms. The number of hydrogen-bond donors (Lipinski definition) is 0.